The Hall–Kier alpha value is -2.84. The molecule has 30 heavy (non-hydrogen) atoms. The second kappa shape index (κ2) is 8.89. The number of hydrogen-bond donors (Lipinski definition) is 1. The Bertz CT molecular complexity index is 1060. The number of likely N-dealkylation sites (tertiary alicyclic amines) is 1. The van der Waals surface area contributed by atoms with Crippen LogP contribution in [0.25, 0.3) is 11.4 Å². The molecule has 0 saturated carbocycles. The summed E-state index contributed by atoms with van der Waals surface area (Å²) in [7, 11) is 0. The van der Waals surface area contributed by atoms with Crippen molar-refractivity contribution < 1.29 is 18.1 Å². The molecule has 1 saturated heterocycles. The smallest absolute Gasteiger partial charge is 0.241 e. The van der Waals surface area contributed by atoms with Crippen molar-refractivity contribution in [1.29, 1.82) is 0 Å². The standard InChI is InChI=1S/C21H19ClF2N4O2/c22-16-6-2-1-5-15(16)20-26-19(30-27-20)12-28-9-3-4-13(11-28)21(29)25-18-8-7-14(23)10-17(18)24/h1-2,5-8,10,13H,3-4,9,11-12H2,(H,25,29). The molecule has 156 valence electrons. The first-order chi connectivity index (χ1) is 14.5. The van der Waals surface area contributed by atoms with E-state index in [1.54, 1.807) is 6.07 Å². The fourth-order valence-corrected chi connectivity index (χ4v) is 3.72. The van der Waals surface area contributed by atoms with Gasteiger partial charge in [-0.25, -0.2) is 8.78 Å². The third-order valence-corrected chi connectivity index (χ3v) is 5.34. The lowest BCUT2D eigenvalue weighted by Crippen LogP contribution is -2.40. The zero-order chi connectivity index (χ0) is 21.1. The van der Waals surface area contributed by atoms with Gasteiger partial charge in [0.15, 0.2) is 0 Å². The Morgan fingerprint density at radius 3 is 2.90 bits per heavy atom. The highest BCUT2D eigenvalue weighted by Gasteiger charge is 2.27. The Morgan fingerprint density at radius 1 is 1.27 bits per heavy atom. The molecule has 4 rings (SSSR count). The molecule has 1 unspecified atom stereocenters. The third-order valence-electron chi connectivity index (χ3n) is 5.01. The van der Waals surface area contributed by atoms with E-state index in [0.29, 0.717) is 41.8 Å². The Labute approximate surface area is 176 Å². The van der Waals surface area contributed by atoms with E-state index in [1.807, 2.05) is 23.1 Å². The van der Waals surface area contributed by atoms with Crippen LogP contribution in [0, 0.1) is 17.6 Å². The van der Waals surface area contributed by atoms with Crippen LogP contribution in [0.15, 0.2) is 47.0 Å². The molecule has 2 aromatic carbocycles. The fraction of sp³-hybridized carbons (Fsp3) is 0.286. The van der Waals surface area contributed by atoms with Gasteiger partial charge in [0, 0.05) is 18.2 Å². The van der Waals surface area contributed by atoms with Gasteiger partial charge in [0.1, 0.15) is 11.6 Å². The van der Waals surface area contributed by atoms with Gasteiger partial charge < -0.3 is 9.84 Å². The lowest BCUT2D eigenvalue weighted by Gasteiger charge is -2.30. The van der Waals surface area contributed by atoms with Crippen LogP contribution in [-0.4, -0.2) is 34.0 Å². The summed E-state index contributed by atoms with van der Waals surface area (Å²) in [5.41, 5.74) is 0.659. The summed E-state index contributed by atoms with van der Waals surface area (Å²) in [5, 5.41) is 7.08. The van der Waals surface area contributed by atoms with E-state index in [2.05, 4.69) is 15.5 Å². The number of aromatic nitrogens is 2. The molecule has 6 nitrogen and oxygen atoms in total. The van der Waals surface area contributed by atoms with E-state index in [4.69, 9.17) is 16.1 Å². The van der Waals surface area contributed by atoms with Crippen molar-refractivity contribution in [3.8, 4) is 11.4 Å². The zero-order valence-electron chi connectivity index (χ0n) is 15.9. The maximum absolute atomic E-state index is 13.8. The van der Waals surface area contributed by atoms with Crippen LogP contribution in [0.2, 0.25) is 5.02 Å². The van der Waals surface area contributed by atoms with Crippen molar-refractivity contribution in [2.75, 3.05) is 18.4 Å². The van der Waals surface area contributed by atoms with Crippen LogP contribution in [0.1, 0.15) is 18.7 Å². The predicted molar refractivity (Wildman–Crippen MR) is 108 cm³/mol. The van der Waals surface area contributed by atoms with E-state index in [9.17, 15) is 13.6 Å². The first-order valence-electron chi connectivity index (χ1n) is 9.55. The molecule has 1 aliphatic heterocycles. The fourth-order valence-electron chi connectivity index (χ4n) is 3.50. The minimum absolute atomic E-state index is 0.0280. The zero-order valence-corrected chi connectivity index (χ0v) is 16.7. The van der Waals surface area contributed by atoms with Crippen LogP contribution in [0.5, 0.6) is 0 Å². The number of rotatable bonds is 5. The Morgan fingerprint density at radius 2 is 2.10 bits per heavy atom. The SMILES string of the molecule is O=C(Nc1ccc(F)cc1F)C1CCCN(Cc2nc(-c3ccccc3Cl)no2)C1. The summed E-state index contributed by atoms with van der Waals surface area (Å²) in [6, 6.07) is 10.3. The molecule has 2 heterocycles. The molecule has 1 fully saturated rings. The average molecular weight is 433 g/mol. The summed E-state index contributed by atoms with van der Waals surface area (Å²) >= 11 is 6.18. The quantitative estimate of drug-likeness (QED) is 0.642. The number of nitrogens with one attached hydrogen (secondary N) is 1. The van der Waals surface area contributed by atoms with Crippen molar-refractivity contribution in [3.63, 3.8) is 0 Å². The minimum atomic E-state index is -0.797. The number of piperidine rings is 1. The number of anilines is 1. The molecule has 0 spiro atoms. The van der Waals surface area contributed by atoms with Crippen molar-refractivity contribution in [3.05, 3.63) is 65.0 Å². The first kappa shape index (κ1) is 20.4. The summed E-state index contributed by atoms with van der Waals surface area (Å²) in [5.74, 6) is -1.27. The molecule has 1 aromatic heterocycles. The highest BCUT2D eigenvalue weighted by Crippen LogP contribution is 2.26. The topological polar surface area (TPSA) is 71.3 Å². The van der Waals surface area contributed by atoms with Crippen molar-refractivity contribution in [2.45, 2.75) is 19.4 Å². The van der Waals surface area contributed by atoms with Crippen molar-refractivity contribution in [1.82, 2.24) is 15.0 Å². The molecule has 3 aromatic rings. The molecule has 0 radical (unpaired) electrons. The van der Waals surface area contributed by atoms with Gasteiger partial charge in [-0.3, -0.25) is 9.69 Å². The second-order valence-electron chi connectivity index (χ2n) is 7.18. The van der Waals surface area contributed by atoms with E-state index in [-0.39, 0.29) is 17.5 Å². The van der Waals surface area contributed by atoms with Crippen LogP contribution in [-0.2, 0) is 11.3 Å². The molecule has 0 aliphatic carbocycles. The van der Waals surface area contributed by atoms with Crippen LogP contribution in [0.4, 0.5) is 14.5 Å². The number of benzene rings is 2. The third kappa shape index (κ3) is 4.66. The number of nitrogens with zero attached hydrogens (tertiary/aromatic N) is 3. The highest BCUT2D eigenvalue weighted by molar-refractivity contribution is 6.33. The van der Waals surface area contributed by atoms with Crippen molar-refractivity contribution in [2.24, 2.45) is 5.92 Å². The van der Waals surface area contributed by atoms with E-state index in [1.165, 1.54) is 6.07 Å². The molecule has 1 atom stereocenters. The summed E-state index contributed by atoms with van der Waals surface area (Å²) in [6.45, 7) is 1.64. The number of amides is 1. The molecular formula is C21H19ClF2N4O2. The number of hydrogen-bond acceptors (Lipinski definition) is 5. The first-order valence-corrected chi connectivity index (χ1v) is 9.93. The Balaban J connectivity index is 1.38. The van der Waals surface area contributed by atoms with Gasteiger partial charge in [0.2, 0.25) is 17.6 Å². The van der Waals surface area contributed by atoms with Crippen LogP contribution >= 0.6 is 11.6 Å². The monoisotopic (exact) mass is 432 g/mol. The van der Waals surface area contributed by atoms with E-state index < -0.39 is 11.6 Å². The van der Waals surface area contributed by atoms with Gasteiger partial charge in [0.25, 0.3) is 0 Å². The van der Waals surface area contributed by atoms with Crippen molar-refractivity contribution >= 4 is 23.2 Å². The molecule has 0 bridgehead atoms. The normalized spacial score (nSPS) is 17.1. The number of carbonyl (C=O) groups is 1. The molecule has 1 N–H and O–H groups in total. The maximum Gasteiger partial charge on any atom is 0.241 e. The lowest BCUT2D eigenvalue weighted by atomic mass is 9.97. The largest absolute Gasteiger partial charge is 0.338 e. The minimum Gasteiger partial charge on any atom is -0.338 e. The van der Waals surface area contributed by atoms with E-state index >= 15 is 0 Å². The van der Waals surface area contributed by atoms with Gasteiger partial charge in [-0.05, 0) is 43.7 Å². The molecule has 1 aliphatic rings. The van der Waals surface area contributed by atoms with E-state index in [0.717, 1.165) is 25.1 Å². The Kier molecular flexibility index (Phi) is 6.06. The van der Waals surface area contributed by atoms with Gasteiger partial charge >= 0.3 is 0 Å². The van der Waals surface area contributed by atoms with Gasteiger partial charge in [-0.2, -0.15) is 4.98 Å². The maximum atomic E-state index is 13.8. The summed E-state index contributed by atoms with van der Waals surface area (Å²) in [6.07, 6.45) is 1.48. The molecule has 9 heteroatoms. The van der Waals surface area contributed by atoms with Gasteiger partial charge in [-0.15, -0.1) is 0 Å². The van der Waals surface area contributed by atoms with Gasteiger partial charge in [0.05, 0.1) is 23.2 Å². The summed E-state index contributed by atoms with van der Waals surface area (Å²) < 4.78 is 32.2. The second-order valence-corrected chi connectivity index (χ2v) is 7.59. The average Bonchev–Trinajstić information content (AvgIpc) is 3.19. The van der Waals surface area contributed by atoms with Gasteiger partial charge in [-0.1, -0.05) is 28.9 Å². The molecular weight excluding hydrogens is 414 g/mol. The van der Waals surface area contributed by atoms with Crippen LogP contribution in [0.3, 0.4) is 0 Å². The lowest BCUT2D eigenvalue weighted by molar-refractivity contribution is -0.121. The molecule has 1 amide bonds. The highest BCUT2D eigenvalue weighted by atomic mass is 35.5. The number of halogens is 3. The summed E-state index contributed by atoms with van der Waals surface area (Å²) in [4.78, 5) is 19.0. The predicted octanol–water partition coefficient (Wildman–Crippen LogP) is 4.52. The van der Waals surface area contributed by atoms with Crippen LogP contribution < -0.4 is 5.32 Å². The number of carbonyl (C=O) groups excluding carboxylic acids is 1.